The number of furan rings is 1. The molecule has 0 amide bonds. The van der Waals surface area contributed by atoms with Crippen molar-refractivity contribution in [2.24, 2.45) is 0 Å². The van der Waals surface area contributed by atoms with Crippen LogP contribution in [-0.2, 0) is 6.54 Å². The molecule has 84 valence electrons. The fourth-order valence-electron chi connectivity index (χ4n) is 2.03. The van der Waals surface area contributed by atoms with Gasteiger partial charge in [0, 0.05) is 11.3 Å². The first-order valence-corrected chi connectivity index (χ1v) is 7.36. The van der Waals surface area contributed by atoms with Crippen molar-refractivity contribution in [3.8, 4) is 0 Å². The lowest BCUT2D eigenvalue weighted by Crippen LogP contribution is -2.25. The third-order valence-corrected chi connectivity index (χ3v) is 4.43. The molecule has 1 aromatic rings. The van der Waals surface area contributed by atoms with Crippen LogP contribution in [0.5, 0.6) is 0 Å². The molecule has 1 heterocycles. The fraction of sp³-hybridized carbons (Fsp3) is 0.636. The number of nitrogens with one attached hydrogen (secondary N) is 1. The van der Waals surface area contributed by atoms with Gasteiger partial charge in [0.2, 0.25) is 0 Å². The minimum atomic E-state index is 0.673. The van der Waals surface area contributed by atoms with E-state index in [0.717, 1.165) is 22.2 Å². The highest BCUT2D eigenvalue weighted by Crippen LogP contribution is 2.28. The Balaban J connectivity index is 1.75. The van der Waals surface area contributed by atoms with E-state index in [0.29, 0.717) is 6.04 Å². The summed E-state index contributed by atoms with van der Waals surface area (Å²) in [5.41, 5.74) is 0. The molecule has 2 rings (SSSR count). The Morgan fingerprint density at radius 1 is 1.53 bits per heavy atom. The van der Waals surface area contributed by atoms with Gasteiger partial charge in [0.15, 0.2) is 4.67 Å². The average Bonchev–Trinajstić information content (AvgIpc) is 2.83. The Hall–Kier alpha value is 0.0700. The van der Waals surface area contributed by atoms with E-state index in [9.17, 15) is 0 Å². The molecule has 4 heteroatoms. The Morgan fingerprint density at radius 2 is 2.40 bits per heavy atom. The number of hydrogen-bond donors (Lipinski definition) is 1. The summed E-state index contributed by atoms with van der Waals surface area (Å²) in [6.45, 7) is 0.845. The van der Waals surface area contributed by atoms with Crippen molar-refractivity contribution in [3.05, 3.63) is 22.6 Å². The first-order chi connectivity index (χ1) is 7.28. The molecule has 1 fully saturated rings. The molecule has 1 N–H and O–H groups in total. The predicted molar refractivity (Wildman–Crippen MR) is 68.2 cm³/mol. The zero-order valence-corrected chi connectivity index (χ0v) is 11.2. The van der Waals surface area contributed by atoms with E-state index >= 15 is 0 Å². The summed E-state index contributed by atoms with van der Waals surface area (Å²) in [5.74, 6) is 1.01. The van der Waals surface area contributed by atoms with Crippen molar-refractivity contribution in [3.63, 3.8) is 0 Å². The Morgan fingerprint density at radius 3 is 3.00 bits per heavy atom. The van der Waals surface area contributed by atoms with Gasteiger partial charge < -0.3 is 9.73 Å². The van der Waals surface area contributed by atoms with Crippen molar-refractivity contribution in [1.82, 2.24) is 5.32 Å². The van der Waals surface area contributed by atoms with E-state index in [1.54, 1.807) is 0 Å². The van der Waals surface area contributed by atoms with Gasteiger partial charge in [0.05, 0.1) is 6.54 Å². The van der Waals surface area contributed by atoms with Crippen LogP contribution in [0.3, 0.4) is 0 Å². The predicted octanol–water partition coefficient (Wildman–Crippen LogP) is 3.42. The summed E-state index contributed by atoms with van der Waals surface area (Å²) in [5, 5.41) is 4.40. The molecular weight excluding hydrogens is 274 g/mol. The van der Waals surface area contributed by atoms with Gasteiger partial charge in [0.25, 0.3) is 0 Å². The maximum Gasteiger partial charge on any atom is 0.169 e. The number of thioether (sulfide) groups is 1. The molecule has 1 aliphatic rings. The largest absolute Gasteiger partial charge is 0.453 e. The van der Waals surface area contributed by atoms with Crippen molar-refractivity contribution in [2.45, 2.75) is 37.1 Å². The molecule has 0 aliphatic heterocycles. The molecule has 15 heavy (non-hydrogen) atoms. The van der Waals surface area contributed by atoms with Gasteiger partial charge in [-0.05, 0) is 53.6 Å². The van der Waals surface area contributed by atoms with Crippen LogP contribution in [0.2, 0.25) is 0 Å². The first-order valence-electron chi connectivity index (χ1n) is 5.28. The second-order valence-electron chi connectivity index (χ2n) is 3.95. The lowest BCUT2D eigenvalue weighted by molar-refractivity contribution is 0.435. The second kappa shape index (κ2) is 5.41. The van der Waals surface area contributed by atoms with Gasteiger partial charge in [-0.15, -0.1) is 0 Å². The highest BCUT2D eigenvalue weighted by Gasteiger charge is 2.23. The second-order valence-corrected chi connectivity index (χ2v) is 5.87. The maximum atomic E-state index is 5.45. The highest BCUT2D eigenvalue weighted by atomic mass is 79.9. The molecule has 0 saturated heterocycles. The summed E-state index contributed by atoms with van der Waals surface area (Å²) >= 11 is 5.30. The minimum absolute atomic E-state index is 0.673. The molecule has 2 nitrogen and oxygen atoms in total. The lowest BCUT2D eigenvalue weighted by atomic mass is 10.2. The standard InChI is InChI=1S/C11H16BrNOS/c1-15-10-4-2-8(6-10)13-7-9-3-5-11(12)14-9/h3,5,8,10,13H,2,4,6-7H2,1H3. The van der Waals surface area contributed by atoms with Crippen LogP contribution < -0.4 is 5.32 Å². The van der Waals surface area contributed by atoms with E-state index in [2.05, 4.69) is 27.5 Å². The number of hydrogen-bond acceptors (Lipinski definition) is 3. The maximum absolute atomic E-state index is 5.45. The normalized spacial score (nSPS) is 26.0. The highest BCUT2D eigenvalue weighted by molar-refractivity contribution is 9.10. The molecule has 0 aromatic carbocycles. The van der Waals surface area contributed by atoms with Crippen molar-refractivity contribution < 1.29 is 4.42 Å². The SMILES string of the molecule is CSC1CCC(NCc2ccc(Br)o2)C1. The summed E-state index contributed by atoms with van der Waals surface area (Å²) in [4.78, 5) is 0. The van der Waals surface area contributed by atoms with Crippen LogP contribution in [0, 0.1) is 0 Å². The van der Waals surface area contributed by atoms with E-state index in [1.165, 1.54) is 19.3 Å². The third-order valence-electron chi connectivity index (χ3n) is 2.91. The van der Waals surface area contributed by atoms with Crippen molar-refractivity contribution in [2.75, 3.05) is 6.26 Å². The van der Waals surface area contributed by atoms with Crippen LogP contribution in [0.1, 0.15) is 25.0 Å². The molecule has 0 bridgehead atoms. The molecule has 1 aromatic heterocycles. The molecule has 2 unspecified atom stereocenters. The summed E-state index contributed by atoms with van der Waals surface area (Å²) in [6.07, 6.45) is 6.15. The molecule has 1 saturated carbocycles. The van der Waals surface area contributed by atoms with Crippen molar-refractivity contribution >= 4 is 27.7 Å². The van der Waals surface area contributed by atoms with Gasteiger partial charge >= 0.3 is 0 Å². The van der Waals surface area contributed by atoms with Crippen LogP contribution in [0.25, 0.3) is 0 Å². The number of halogens is 1. The molecule has 2 atom stereocenters. The molecule has 0 radical (unpaired) electrons. The Bertz CT molecular complexity index is 315. The summed E-state index contributed by atoms with van der Waals surface area (Å²) in [7, 11) is 0. The Kier molecular flexibility index (Phi) is 4.17. The van der Waals surface area contributed by atoms with Crippen LogP contribution >= 0.6 is 27.7 Å². The van der Waals surface area contributed by atoms with E-state index in [-0.39, 0.29) is 0 Å². The van der Waals surface area contributed by atoms with E-state index in [4.69, 9.17) is 4.42 Å². The molecule has 1 aliphatic carbocycles. The number of rotatable bonds is 4. The molecule has 0 spiro atoms. The zero-order valence-electron chi connectivity index (χ0n) is 8.83. The van der Waals surface area contributed by atoms with Crippen LogP contribution in [-0.4, -0.2) is 17.5 Å². The molecular formula is C11H16BrNOS. The van der Waals surface area contributed by atoms with Gasteiger partial charge in [-0.3, -0.25) is 0 Å². The lowest BCUT2D eigenvalue weighted by Gasteiger charge is -2.11. The topological polar surface area (TPSA) is 25.2 Å². The summed E-state index contributed by atoms with van der Waals surface area (Å²) in [6, 6.07) is 4.63. The van der Waals surface area contributed by atoms with Gasteiger partial charge in [-0.25, -0.2) is 0 Å². The Labute approximate surface area is 103 Å². The van der Waals surface area contributed by atoms with Crippen LogP contribution in [0.15, 0.2) is 21.2 Å². The van der Waals surface area contributed by atoms with Crippen LogP contribution in [0.4, 0.5) is 0 Å². The zero-order chi connectivity index (χ0) is 10.7. The third kappa shape index (κ3) is 3.26. The van der Waals surface area contributed by atoms with Gasteiger partial charge in [0.1, 0.15) is 5.76 Å². The fourth-order valence-corrected chi connectivity index (χ4v) is 3.17. The van der Waals surface area contributed by atoms with Crippen molar-refractivity contribution in [1.29, 1.82) is 0 Å². The summed E-state index contributed by atoms with van der Waals surface area (Å²) < 4.78 is 6.26. The smallest absolute Gasteiger partial charge is 0.169 e. The van der Waals surface area contributed by atoms with E-state index in [1.807, 2.05) is 23.9 Å². The quantitative estimate of drug-likeness (QED) is 0.920. The average molecular weight is 290 g/mol. The van der Waals surface area contributed by atoms with Gasteiger partial charge in [-0.1, -0.05) is 0 Å². The first kappa shape index (κ1) is 11.6. The monoisotopic (exact) mass is 289 g/mol. The van der Waals surface area contributed by atoms with Gasteiger partial charge in [-0.2, -0.15) is 11.8 Å². The minimum Gasteiger partial charge on any atom is -0.453 e. The van der Waals surface area contributed by atoms with E-state index < -0.39 is 0 Å².